The Hall–Kier alpha value is -2.36. The summed E-state index contributed by atoms with van der Waals surface area (Å²) in [5, 5.41) is 0. The molecule has 0 unspecified atom stereocenters. The van der Waals surface area contributed by atoms with E-state index in [2.05, 4.69) is 18.2 Å². The van der Waals surface area contributed by atoms with Crippen LogP contribution in [0.1, 0.15) is 25.0 Å². The van der Waals surface area contributed by atoms with Gasteiger partial charge in [0.25, 0.3) is 0 Å². The van der Waals surface area contributed by atoms with Gasteiger partial charge in [0.1, 0.15) is 0 Å². The Labute approximate surface area is 144 Å². The summed E-state index contributed by atoms with van der Waals surface area (Å²) in [6.07, 6.45) is 1.84. The van der Waals surface area contributed by atoms with Gasteiger partial charge in [-0.1, -0.05) is 12.1 Å². The summed E-state index contributed by atoms with van der Waals surface area (Å²) < 4.78 is 21.9. The molecule has 0 atom stereocenters. The Balaban J connectivity index is 2.09. The van der Waals surface area contributed by atoms with Crippen LogP contribution in [-0.2, 0) is 12.8 Å². The third-order valence-electron chi connectivity index (χ3n) is 3.76. The van der Waals surface area contributed by atoms with Crippen LogP contribution in [0.4, 0.5) is 0 Å². The predicted octanol–water partition coefficient (Wildman–Crippen LogP) is 4.29. The van der Waals surface area contributed by atoms with E-state index in [0.717, 1.165) is 35.8 Å². The third-order valence-corrected chi connectivity index (χ3v) is 3.76. The number of hydrogen-bond donors (Lipinski definition) is 0. The first-order valence-corrected chi connectivity index (χ1v) is 8.31. The van der Waals surface area contributed by atoms with Gasteiger partial charge >= 0.3 is 0 Å². The Bertz CT molecular complexity index is 652. The molecule has 2 aromatic rings. The minimum absolute atomic E-state index is 0.624. The van der Waals surface area contributed by atoms with E-state index in [9.17, 15) is 0 Å². The lowest BCUT2D eigenvalue weighted by atomic mass is 10.0. The quantitative estimate of drug-likeness (QED) is 0.687. The van der Waals surface area contributed by atoms with E-state index in [1.165, 1.54) is 11.1 Å². The van der Waals surface area contributed by atoms with Crippen LogP contribution in [0.2, 0.25) is 0 Å². The summed E-state index contributed by atoms with van der Waals surface area (Å²) >= 11 is 0. The van der Waals surface area contributed by atoms with Crippen LogP contribution in [0.3, 0.4) is 0 Å². The fourth-order valence-corrected chi connectivity index (χ4v) is 2.58. The maximum Gasteiger partial charge on any atom is 0.161 e. The Morgan fingerprint density at radius 2 is 1.12 bits per heavy atom. The lowest BCUT2D eigenvalue weighted by Gasteiger charge is -2.13. The Morgan fingerprint density at radius 3 is 1.67 bits per heavy atom. The molecule has 0 aliphatic carbocycles. The van der Waals surface area contributed by atoms with E-state index >= 15 is 0 Å². The summed E-state index contributed by atoms with van der Waals surface area (Å²) in [6, 6.07) is 12.2. The highest BCUT2D eigenvalue weighted by Gasteiger charge is 2.08. The second-order valence-corrected chi connectivity index (χ2v) is 5.34. The van der Waals surface area contributed by atoms with Gasteiger partial charge in [-0.2, -0.15) is 0 Å². The first-order chi connectivity index (χ1) is 11.7. The summed E-state index contributed by atoms with van der Waals surface area (Å²) in [4.78, 5) is 0. The molecule has 0 bridgehead atoms. The summed E-state index contributed by atoms with van der Waals surface area (Å²) in [6.45, 7) is 5.21. The van der Waals surface area contributed by atoms with Crippen molar-refractivity contribution in [2.75, 3.05) is 27.4 Å². The second-order valence-electron chi connectivity index (χ2n) is 5.34. The zero-order chi connectivity index (χ0) is 17.4. The highest BCUT2D eigenvalue weighted by molar-refractivity contribution is 5.45. The van der Waals surface area contributed by atoms with Crippen molar-refractivity contribution >= 4 is 0 Å². The molecule has 0 aliphatic rings. The minimum Gasteiger partial charge on any atom is -0.493 e. The molecule has 0 aliphatic heterocycles. The van der Waals surface area contributed by atoms with Crippen molar-refractivity contribution in [1.82, 2.24) is 0 Å². The van der Waals surface area contributed by atoms with Gasteiger partial charge in [0.05, 0.1) is 27.4 Å². The van der Waals surface area contributed by atoms with E-state index in [0.29, 0.717) is 13.2 Å². The largest absolute Gasteiger partial charge is 0.493 e. The molecule has 0 amide bonds. The molecule has 0 saturated heterocycles. The molecular weight excluding hydrogens is 304 g/mol. The van der Waals surface area contributed by atoms with Crippen LogP contribution in [-0.4, -0.2) is 27.4 Å². The van der Waals surface area contributed by atoms with Crippen LogP contribution in [0.25, 0.3) is 0 Å². The molecule has 2 rings (SSSR count). The number of benzene rings is 2. The number of aryl methyl sites for hydroxylation is 2. The van der Waals surface area contributed by atoms with Crippen LogP contribution in [0, 0.1) is 0 Å². The van der Waals surface area contributed by atoms with E-state index in [1.54, 1.807) is 14.2 Å². The van der Waals surface area contributed by atoms with E-state index in [-0.39, 0.29) is 0 Å². The fourth-order valence-electron chi connectivity index (χ4n) is 2.58. The zero-order valence-corrected chi connectivity index (χ0v) is 14.9. The van der Waals surface area contributed by atoms with Crippen molar-refractivity contribution in [3.05, 3.63) is 47.5 Å². The van der Waals surface area contributed by atoms with Gasteiger partial charge in [0.15, 0.2) is 23.0 Å². The van der Waals surface area contributed by atoms with Crippen LogP contribution in [0.15, 0.2) is 36.4 Å². The first-order valence-electron chi connectivity index (χ1n) is 8.31. The standard InChI is InChI=1S/C20H26O4/c1-5-23-18-12-10-16(14-20(18)24-6-2)8-7-15-9-11-17(21-3)19(13-15)22-4/h9-14H,5-8H2,1-4H3. The van der Waals surface area contributed by atoms with Crippen molar-refractivity contribution in [2.24, 2.45) is 0 Å². The van der Waals surface area contributed by atoms with Crippen molar-refractivity contribution in [1.29, 1.82) is 0 Å². The van der Waals surface area contributed by atoms with Crippen LogP contribution < -0.4 is 18.9 Å². The van der Waals surface area contributed by atoms with Gasteiger partial charge in [0.2, 0.25) is 0 Å². The monoisotopic (exact) mass is 330 g/mol. The SMILES string of the molecule is CCOc1ccc(CCc2ccc(OC)c(OC)c2)cc1OCC. The average molecular weight is 330 g/mol. The highest BCUT2D eigenvalue weighted by atomic mass is 16.5. The molecule has 0 spiro atoms. The van der Waals surface area contributed by atoms with Gasteiger partial charge in [0, 0.05) is 0 Å². The predicted molar refractivity (Wildman–Crippen MR) is 95.7 cm³/mol. The molecule has 0 N–H and O–H groups in total. The Kier molecular flexibility index (Phi) is 6.79. The van der Waals surface area contributed by atoms with Crippen molar-refractivity contribution in [2.45, 2.75) is 26.7 Å². The molecular formula is C20H26O4. The first kappa shape index (κ1) is 18.0. The Morgan fingerprint density at radius 1 is 0.625 bits per heavy atom. The maximum absolute atomic E-state index is 5.69. The summed E-state index contributed by atoms with van der Waals surface area (Å²) in [5.41, 5.74) is 2.43. The van der Waals surface area contributed by atoms with E-state index in [4.69, 9.17) is 18.9 Å². The van der Waals surface area contributed by atoms with Gasteiger partial charge in [-0.05, 0) is 62.1 Å². The maximum atomic E-state index is 5.69. The minimum atomic E-state index is 0.624. The molecule has 0 heterocycles. The molecule has 24 heavy (non-hydrogen) atoms. The second kappa shape index (κ2) is 9.06. The molecule has 4 heteroatoms. The molecule has 0 saturated carbocycles. The highest BCUT2D eigenvalue weighted by Crippen LogP contribution is 2.30. The van der Waals surface area contributed by atoms with Gasteiger partial charge in [-0.15, -0.1) is 0 Å². The number of ether oxygens (including phenoxy) is 4. The van der Waals surface area contributed by atoms with Gasteiger partial charge in [-0.25, -0.2) is 0 Å². The number of hydrogen-bond acceptors (Lipinski definition) is 4. The van der Waals surface area contributed by atoms with Crippen LogP contribution in [0.5, 0.6) is 23.0 Å². The number of rotatable bonds is 9. The number of methoxy groups -OCH3 is 2. The normalized spacial score (nSPS) is 10.3. The van der Waals surface area contributed by atoms with Crippen molar-refractivity contribution < 1.29 is 18.9 Å². The zero-order valence-electron chi connectivity index (χ0n) is 14.9. The molecule has 0 fully saturated rings. The summed E-state index contributed by atoms with van der Waals surface area (Å²) in [5.74, 6) is 3.12. The fraction of sp³-hybridized carbons (Fsp3) is 0.400. The third kappa shape index (κ3) is 4.57. The van der Waals surface area contributed by atoms with E-state index < -0.39 is 0 Å². The molecule has 0 radical (unpaired) electrons. The van der Waals surface area contributed by atoms with E-state index in [1.807, 2.05) is 32.0 Å². The summed E-state index contributed by atoms with van der Waals surface area (Å²) in [7, 11) is 3.30. The molecule has 0 aromatic heterocycles. The van der Waals surface area contributed by atoms with Gasteiger partial charge in [-0.3, -0.25) is 0 Å². The lowest BCUT2D eigenvalue weighted by molar-refractivity contribution is 0.287. The molecule has 130 valence electrons. The van der Waals surface area contributed by atoms with Gasteiger partial charge < -0.3 is 18.9 Å². The molecule has 4 nitrogen and oxygen atoms in total. The topological polar surface area (TPSA) is 36.9 Å². The van der Waals surface area contributed by atoms with Crippen molar-refractivity contribution in [3.63, 3.8) is 0 Å². The average Bonchev–Trinajstić information content (AvgIpc) is 2.62. The lowest BCUT2D eigenvalue weighted by Crippen LogP contribution is -2.00. The molecule has 2 aromatic carbocycles. The smallest absolute Gasteiger partial charge is 0.161 e. The van der Waals surface area contributed by atoms with Crippen LogP contribution >= 0.6 is 0 Å². The van der Waals surface area contributed by atoms with Crippen molar-refractivity contribution in [3.8, 4) is 23.0 Å².